The van der Waals surface area contributed by atoms with E-state index in [1.54, 1.807) is 4.68 Å². The molecule has 4 nitrogen and oxygen atoms in total. The summed E-state index contributed by atoms with van der Waals surface area (Å²) in [5.41, 5.74) is 1.91. The molecule has 1 aromatic carbocycles. The molecular weight excluding hydrogens is 270 g/mol. The van der Waals surface area contributed by atoms with Gasteiger partial charge in [0.05, 0.1) is 11.6 Å². The number of aromatic nitrogens is 2. The maximum absolute atomic E-state index is 10.0. The number of halogens is 1. The number of nitrogens with zero attached hydrogens (tertiary/aromatic N) is 2. The van der Waals surface area contributed by atoms with Crippen molar-refractivity contribution in [2.75, 3.05) is 13.6 Å². The Morgan fingerprint density at radius 2 is 2.31 bits per heavy atom. The van der Waals surface area contributed by atoms with Gasteiger partial charge in [-0.3, -0.25) is 4.68 Å². The number of likely N-dealkylation sites (N-methyl/N-ethyl adjacent to an activating group) is 1. The van der Waals surface area contributed by atoms with Crippen molar-refractivity contribution in [1.82, 2.24) is 15.1 Å². The van der Waals surface area contributed by atoms with Gasteiger partial charge in [0.25, 0.3) is 0 Å². The lowest BCUT2D eigenvalue weighted by molar-refractivity contribution is 0.179. The number of aliphatic hydroxyl groups is 1. The highest BCUT2D eigenvalue weighted by Gasteiger charge is 2.15. The Morgan fingerprint density at radius 3 is 3.00 bits per heavy atom. The molecule has 16 heavy (non-hydrogen) atoms. The number of rotatable bonds is 3. The quantitative estimate of drug-likeness (QED) is 0.900. The van der Waals surface area contributed by atoms with E-state index in [1.807, 2.05) is 32.3 Å². The SMILES string of the molecule is CNCC(O)c1cccc2c1c(Br)nn2C. The Balaban J connectivity index is 2.61. The summed E-state index contributed by atoms with van der Waals surface area (Å²) < 4.78 is 2.57. The fraction of sp³-hybridized carbons (Fsp3) is 0.364. The molecule has 1 atom stereocenters. The third kappa shape index (κ3) is 1.86. The molecule has 0 aliphatic heterocycles. The van der Waals surface area contributed by atoms with Crippen LogP contribution in [0.4, 0.5) is 0 Å². The van der Waals surface area contributed by atoms with Gasteiger partial charge in [-0.25, -0.2) is 0 Å². The molecule has 1 heterocycles. The predicted molar refractivity (Wildman–Crippen MR) is 67.3 cm³/mol. The van der Waals surface area contributed by atoms with Gasteiger partial charge in [0.2, 0.25) is 0 Å². The first-order valence-electron chi connectivity index (χ1n) is 5.09. The molecule has 0 saturated carbocycles. The summed E-state index contributed by atoms with van der Waals surface area (Å²) in [7, 11) is 3.71. The molecule has 0 aliphatic rings. The lowest BCUT2D eigenvalue weighted by Gasteiger charge is -2.11. The first-order valence-corrected chi connectivity index (χ1v) is 5.88. The van der Waals surface area contributed by atoms with E-state index >= 15 is 0 Å². The van der Waals surface area contributed by atoms with Crippen molar-refractivity contribution >= 4 is 26.8 Å². The summed E-state index contributed by atoms with van der Waals surface area (Å²) in [5, 5.41) is 18.3. The number of fused-ring (bicyclic) bond motifs is 1. The van der Waals surface area contributed by atoms with Gasteiger partial charge in [0.1, 0.15) is 4.60 Å². The molecule has 2 rings (SSSR count). The van der Waals surface area contributed by atoms with Crippen LogP contribution >= 0.6 is 15.9 Å². The van der Waals surface area contributed by atoms with Crippen LogP contribution in [0.5, 0.6) is 0 Å². The number of hydrogen-bond donors (Lipinski definition) is 2. The van der Waals surface area contributed by atoms with Crippen LogP contribution in [0.3, 0.4) is 0 Å². The Hall–Kier alpha value is -0.910. The van der Waals surface area contributed by atoms with E-state index in [4.69, 9.17) is 0 Å². The van der Waals surface area contributed by atoms with Crippen LogP contribution in [-0.4, -0.2) is 28.5 Å². The molecular formula is C11H14BrN3O. The van der Waals surface area contributed by atoms with Gasteiger partial charge in [-0.15, -0.1) is 0 Å². The summed E-state index contributed by atoms with van der Waals surface area (Å²) in [4.78, 5) is 0. The van der Waals surface area contributed by atoms with Crippen molar-refractivity contribution in [3.05, 3.63) is 28.4 Å². The molecule has 1 unspecified atom stereocenters. The van der Waals surface area contributed by atoms with E-state index in [2.05, 4.69) is 26.3 Å². The zero-order chi connectivity index (χ0) is 11.7. The molecule has 1 aromatic heterocycles. The van der Waals surface area contributed by atoms with Crippen LogP contribution < -0.4 is 5.32 Å². The molecule has 0 saturated heterocycles. The standard InChI is InChI=1S/C11H14BrN3O/c1-13-6-9(16)7-4-3-5-8-10(7)11(12)14-15(8)2/h3-5,9,13,16H,6H2,1-2H3. The van der Waals surface area contributed by atoms with Gasteiger partial charge in [0.15, 0.2) is 0 Å². The molecule has 0 fully saturated rings. The Kier molecular flexibility index (Phi) is 3.28. The summed E-state index contributed by atoms with van der Waals surface area (Å²) in [6.45, 7) is 0.528. The normalized spacial score (nSPS) is 13.2. The molecule has 2 N–H and O–H groups in total. The number of aryl methyl sites for hydroxylation is 1. The first kappa shape index (κ1) is 11.6. The molecule has 86 valence electrons. The highest BCUT2D eigenvalue weighted by Crippen LogP contribution is 2.29. The zero-order valence-corrected chi connectivity index (χ0v) is 10.8. The molecule has 0 aliphatic carbocycles. The van der Waals surface area contributed by atoms with Crippen molar-refractivity contribution in [2.24, 2.45) is 7.05 Å². The van der Waals surface area contributed by atoms with Crippen molar-refractivity contribution in [3.8, 4) is 0 Å². The maximum atomic E-state index is 10.0. The van der Waals surface area contributed by atoms with Crippen molar-refractivity contribution in [3.63, 3.8) is 0 Å². The summed E-state index contributed by atoms with van der Waals surface area (Å²) in [5.74, 6) is 0. The highest BCUT2D eigenvalue weighted by atomic mass is 79.9. The van der Waals surface area contributed by atoms with Gasteiger partial charge < -0.3 is 10.4 Å². The zero-order valence-electron chi connectivity index (χ0n) is 9.24. The lowest BCUT2D eigenvalue weighted by Crippen LogP contribution is -2.16. The van der Waals surface area contributed by atoms with Crippen LogP contribution in [0.15, 0.2) is 22.8 Å². The van der Waals surface area contributed by atoms with E-state index in [1.165, 1.54) is 0 Å². The number of hydrogen-bond acceptors (Lipinski definition) is 3. The molecule has 2 aromatic rings. The van der Waals surface area contributed by atoms with E-state index in [0.29, 0.717) is 6.54 Å². The van der Waals surface area contributed by atoms with Crippen LogP contribution in [0.1, 0.15) is 11.7 Å². The van der Waals surface area contributed by atoms with Gasteiger partial charge in [-0.2, -0.15) is 5.10 Å². The van der Waals surface area contributed by atoms with Gasteiger partial charge >= 0.3 is 0 Å². The molecule has 0 radical (unpaired) electrons. The van der Waals surface area contributed by atoms with Crippen LogP contribution in [0, 0.1) is 0 Å². The predicted octanol–water partition coefficient (Wildman–Crippen LogP) is 1.59. The molecule has 5 heteroatoms. The van der Waals surface area contributed by atoms with Crippen LogP contribution in [0.2, 0.25) is 0 Å². The Labute approximate surface area is 102 Å². The smallest absolute Gasteiger partial charge is 0.136 e. The molecule has 0 bridgehead atoms. The fourth-order valence-electron chi connectivity index (χ4n) is 1.87. The number of aliphatic hydroxyl groups excluding tert-OH is 1. The van der Waals surface area contributed by atoms with Crippen molar-refractivity contribution in [2.45, 2.75) is 6.10 Å². The lowest BCUT2D eigenvalue weighted by atomic mass is 10.1. The van der Waals surface area contributed by atoms with Crippen molar-refractivity contribution < 1.29 is 5.11 Å². The Bertz CT molecular complexity index is 509. The average molecular weight is 284 g/mol. The highest BCUT2D eigenvalue weighted by molar-refractivity contribution is 9.10. The fourth-order valence-corrected chi connectivity index (χ4v) is 2.54. The third-order valence-electron chi connectivity index (χ3n) is 2.62. The minimum absolute atomic E-state index is 0.519. The van der Waals surface area contributed by atoms with Crippen LogP contribution in [0.25, 0.3) is 10.9 Å². The van der Waals surface area contributed by atoms with Crippen molar-refractivity contribution in [1.29, 1.82) is 0 Å². The van der Waals surface area contributed by atoms with E-state index < -0.39 is 6.10 Å². The second-order valence-electron chi connectivity index (χ2n) is 3.73. The van der Waals surface area contributed by atoms with E-state index in [0.717, 1.165) is 21.1 Å². The average Bonchev–Trinajstić information content (AvgIpc) is 2.55. The van der Waals surface area contributed by atoms with E-state index in [9.17, 15) is 5.11 Å². The Morgan fingerprint density at radius 1 is 1.56 bits per heavy atom. The summed E-state index contributed by atoms with van der Waals surface area (Å²) in [6.07, 6.45) is -0.519. The minimum atomic E-state index is -0.519. The maximum Gasteiger partial charge on any atom is 0.136 e. The monoisotopic (exact) mass is 283 g/mol. The topological polar surface area (TPSA) is 50.1 Å². The summed E-state index contributed by atoms with van der Waals surface area (Å²) in [6, 6.07) is 5.85. The first-order chi connectivity index (χ1) is 7.65. The van der Waals surface area contributed by atoms with Gasteiger partial charge in [-0.05, 0) is 34.6 Å². The summed E-state index contributed by atoms with van der Waals surface area (Å²) >= 11 is 3.42. The largest absolute Gasteiger partial charge is 0.387 e. The molecule has 0 spiro atoms. The number of nitrogens with one attached hydrogen (secondary N) is 1. The second kappa shape index (κ2) is 4.53. The van der Waals surface area contributed by atoms with E-state index in [-0.39, 0.29) is 0 Å². The third-order valence-corrected chi connectivity index (χ3v) is 3.18. The minimum Gasteiger partial charge on any atom is -0.387 e. The second-order valence-corrected chi connectivity index (χ2v) is 4.48. The molecule has 0 amide bonds. The van der Waals surface area contributed by atoms with Crippen LogP contribution in [-0.2, 0) is 7.05 Å². The van der Waals surface area contributed by atoms with Gasteiger partial charge in [-0.1, -0.05) is 12.1 Å². The van der Waals surface area contributed by atoms with Gasteiger partial charge in [0, 0.05) is 19.0 Å². The number of benzene rings is 1.